The van der Waals surface area contributed by atoms with Crippen molar-refractivity contribution in [1.82, 2.24) is 5.32 Å². The molecule has 1 aliphatic carbocycles. The maximum Gasteiger partial charge on any atom is 0.255 e. The third-order valence-electron chi connectivity index (χ3n) is 2.77. The van der Waals surface area contributed by atoms with Crippen LogP contribution in [0.15, 0.2) is 22.7 Å². The smallest absolute Gasteiger partial charge is 0.255 e. The molecule has 0 heterocycles. The van der Waals surface area contributed by atoms with Crippen molar-refractivity contribution >= 4 is 21.8 Å². The first-order chi connectivity index (χ1) is 8.68. The van der Waals surface area contributed by atoms with Gasteiger partial charge in [0.1, 0.15) is 5.82 Å². The number of carbonyl (C=O) groups excluding carboxylic acids is 1. The summed E-state index contributed by atoms with van der Waals surface area (Å²) in [7, 11) is 0. The van der Waals surface area contributed by atoms with E-state index >= 15 is 0 Å². The van der Waals surface area contributed by atoms with Crippen LogP contribution >= 0.6 is 15.9 Å². The lowest BCUT2D eigenvalue weighted by Crippen LogP contribution is -2.28. The third kappa shape index (κ3) is 3.78. The van der Waals surface area contributed by atoms with E-state index in [1.807, 2.05) is 0 Å². The van der Waals surface area contributed by atoms with Crippen LogP contribution in [0, 0.1) is 11.7 Å². The summed E-state index contributed by atoms with van der Waals surface area (Å²) in [4.78, 5) is 11.8. The molecule has 0 bridgehead atoms. The number of nitrogens with one attached hydrogen (secondary N) is 1. The molecular formula is C13H15BrFNO2. The number of ether oxygens (including phenoxy) is 1. The molecule has 0 aliphatic heterocycles. The van der Waals surface area contributed by atoms with Crippen molar-refractivity contribution in [2.45, 2.75) is 12.8 Å². The van der Waals surface area contributed by atoms with Crippen molar-refractivity contribution in [3.05, 3.63) is 34.1 Å². The van der Waals surface area contributed by atoms with Gasteiger partial charge in [0.15, 0.2) is 0 Å². The van der Waals surface area contributed by atoms with Gasteiger partial charge in [-0.2, -0.15) is 0 Å². The Balaban J connectivity index is 1.76. The topological polar surface area (TPSA) is 38.3 Å². The average Bonchev–Trinajstić information content (AvgIpc) is 3.12. The van der Waals surface area contributed by atoms with E-state index in [4.69, 9.17) is 4.74 Å². The SMILES string of the molecule is O=C(NCCOCC1CC1)c1c(F)cccc1Br. The first-order valence-corrected chi connectivity index (χ1v) is 6.77. The highest BCUT2D eigenvalue weighted by Gasteiger charge is 2.21. The minimum atomic E-state index is -0.527. The Morgan fingerprint density at radius 2 is 2.28 bits per heavy atom. The number of rotatable bonds is 6. The van der Waals surface area contributed by atoms with Crippen molar-refractivity contribution in [2.75, 3.05) is 19.8 Å². The van der Waals surface area contributed by atoms with Gasteiger partial charge < -0.3 is 10.1 Å². The molecule has 98 valence electrons. The summed E-state index contributed by atoms with van der Waals surface area (Å²) >= 11 is 3.17. The molecule has 1 aromatic rings. The molecule has 1 fully saturated rings. The third-order valence-corrected chi connectivity index (χ3v) is 3.43. The van der Waals surface area contributed by atoms with Crippen LogP contribution < -0.4 is 5.32 Å². The van der Waals surface area contributed by atoms with Crippen molar-refractivity contribution in [3.8, 4) is 0 Å². The second-order valence-corrected chi connectivity index (χ2v) is 5.23. The van der Waals surface area contributed by atoms with Gasteiger partial charge >= 0.3 is 0 Å². The van der Waals surface area contributed by atoms with Crippen molar-refractivity contribution < 1.29 is 13.9 Å². The Morgan fingerprint density at radius 3 is 2.94 bits per heavy atom. The van der Waals surface area contributed by atoms with Crippen LogP contribution in [0.4, 0.5) is 4.39 Å². The van der Waals surface area contributed by atoms with Crippen molar-refractivity contribution in [2.24, 2.45) is 5.92 Å². The second kappa shape index (κ2) is 6.29. The van der Waals surface area contributed by atoms with Crippen LogP contribution in [0.2, 0.25) is 0 Å². The van der Waals surface area contributed by atoms with Gasteiger partial charge in [0.05, 0.1) is 12.2 Å². The summed E-state index contributed by atoms with van der Waals surface area (Å²) < 4.78 is 19.3. The van der Waals surface area contributed by atoms with E-state index in [1.54, 1.807) is 12.1 Å². The Bertz CT molecular complexity index is 415. The van der Waals surface area contributed by atoms with Crippen LogP contribution in [-0.4, -0.2) is 25.7 Å². The number of hydrogen-bond acceptors (Lipinski definition) is 2. The molecule has 1 aliphatic rings. The Kier molecular flexibility index (Phi) is 4.72. The molecular weight excluding hydrogens is 301 g/mol. The number of benzene rings is 1. The van der Waals surface area contributed by atoms with Gasteiger partial charge in [-0.3, -0.25) is 4.79 Å². The van der Waals surface area contributed by atoms with E-state index in [2.05, 4.69) is 21.2 Å². The van der Waals surface area contributed by atoms with Gasteiger partial charge in [-0.15, -0.1) is 0 Å². The lowest BCUT2D eigenvalue weighted by atomic mass is 10.2. The molecule has 5 heteroatoms. The Hall–Kier alpha value is -0.940. The molecule has 3 nitrogen and oxygen atoms in total. The van der Waals surface area contributed by atoms with Crippen LogP contribution in [0.3, 0.4) is 0 Å². The maximum absolute atomic E-state index is 13.5. The van der Waals surface area contributed by atoms with Crippen molar-refractivity contribution in [3.63, 3.8) is 0 Å². The first-order valence-electron chi connectivity index (χ1n) is 5.98. The van der Waals surface area contributed by atoms with Gasteiger partial charge in [0.2, 0.25) is 0 Å². The Labute approximate surface area is 114 Å². The summed E-state index contributed by atoms with van der Waals surface area (Å²) in [5.74, 6) is -0.239. The van der Waals surface area contributed by atoms with Gasteiger partial charge in [0.25, 0.3) is 5.91 Å². The van der Waals surface area contributed by atoms with E-state index < -0.39 is 11.7 Å². The van der Waals surface area contributed by atoms with E-state index in [-0.39, 0.29) is 5.56 Å². The highest BCUT2D eigenvalue weighted by molar-refractivity contribution is 9.10. The second-order valence-electron chi connectivity index (χ2n) is 4.37. The standard InChI is InChI=1S/C13H15BrFNO2/c14-10-2-1-3-11(15)12(10)13(17)16-6-7-18-8-9-4-5-9/h1-3,9H,4-8H2,(H,16,17). The molecule has 1 aromatic carbocycles. The van der Waals surface area contributed by atoms with E-state index in [0.717, 1.165) is 6.61 Å². The molecule has 0 unspecified atom stereocenters. The van der Waals surface area contributed by atoms with Crippen molar-refractivity contribution in [1.29, 1.82) is 0 Å². The number of halogens is 2. The lowest BCUT2D eigenvalue weighted by Gasteiger charge is -2.08. The molecule has 0 aromatic heterocycles. The summed E-state index contributed by atoms with van der Waals surface area (Å²) in [6.07, 6.45) is 2.49. The number of amides is 1. The molecule has 18 heavy (non-hydrogen) atoms. The summed E-state index contributed by atoms with van der Waals surface area (Å²) in [6.45, 7) is 1.62. The molecule has 1 N–H and O–H groups in total. The van der Waals surface area contributed by atoms with E-state index in [1.165, 1.54) is 18.9 Å². The lowest BCUT2D eigenvalue weighted by molar-refractivity contribution is 0.0902. The fourth-order valence-electron chi connectivity index (χ4n) is 1.57. The molecule has 1 saturated carbocycles. The molecule has 0 radical (unpaired) electrons. The number of hydrogen-bond donors (Lipinski definition) is 1. The predicted octanol–water partition coefficient (Wildman–Crippen LogP) is 2.74. The molecule has 0 spiro atoms. The largest absolute Gasteiger partial charge is 0.379 e. The summed E-state index contributed by atoms with van der Waals surface area (Å²) in [5, 5.41) is 2.64. The van der Waals surface area contributed by atoms with Gasteiger partial charge in [-0.25, -0.2) is 4.39 Å². The first kappa shape index (κ1) is 13.5. The molecule has 1 amide bonds. The normalized spacial score (nSPS) is 14.6. The zero-order chi connectivity index (χ0) is 13.0. The Morgan fingerprint density at radius 1 is 1.50 bits per heavy atom. The van der Waals surface area contributed by atoms with Gasteiger partial charge in [0, 0.05) is 17.6 Å². The highest BCUT2D eigenvalue weighted by Crippen LogP contribution is 2.28. The van der Waals surface area contributed by atoms with Crippen LogP contribution in [0.25, 0.3) is 0 Å². The van der Waals surface area contributed by atoms with Crippen LogP contribution in [0.1, 0.15) is 23.2 Å². The van der Waals surface area contributed by atoms with E-state index in [9.17, 15) is 9.18 Å². The minimum absolute atomic E-state index is 0.0414. The fraction of sp³-hybridized carbons (Fsp3) is 0.462. The maximum atomic E-state index is 13.5. The summed E-state index contributed by atoms with van der Waals surface area (Å²) in [5.41, 5.74) is 0.0414. The van der Waals surface area contributed by atoms with E-state index in [0.29, 0.717) is 23.5 Å². The predicted molar refractivity (Wildman–Crippen MR) is 70.0 cm³/mol. The quantitative estimate of drug-likeness (QED) is 0.820. The average molecular weight is 316 g/mol. The van der Waals surface area contributed by atoms with Gasteiger partial charge in [-0.1, -0.05) is 6.07 Å². The van der Waals surface area contributed by atoms with Gasteiger partial charge in [-0.05, 0) is 46.8 Å². The molecule has 2 rings (SSSR count). The number of carbonyl (C=O) groups is 1. The summed E-state index contributed by atoms with van der Waals surface area (Å²) in [6, 6.07) is 4.46. The fourth-order valence-corrected chi connectivity index (χ4v) is 2.10. The molecule has 0 atom stereocenters. The zero-order valence-electron chi connectivity index (χ0n) is 9.92. The monoisotopic (exact) mass is 315 g/mol. The van der Waals surface area contributed by atoms with Crippen LogP contribution in [0.5, 0.6) is 0 Å². The highest BCUT2D eigenvalue weighted by atomic mass is 79.9. The molecule has 0 saturated heterocycles. The zero-order valence-corrected chi connectivity index (χ0v) is 11.5. The van der Waals surface area contributed by atoms with Crippen LogP contribution in [-0.2, 0) is 4.74 Å². The minimum Gasteiger partial charge on any atom is -0.379 e.